The van der Waals surface area contributed by atoms with Crippen molar-refractivity contribution in [3.05, 3.63) is 52.2 Å². The second kappa shape index (κ2) is 4.54. The third-order valence-corrected chi connectivity index (χ3v) is 3.29. The number of halogens is 1. The third kappa shape index (κ3) is 1.80. The van der Waals surface area contributed by atoms with Gasteiger partial charge in [-0.3, -0.25) is 4.57 Å². The van der Waals surface area contributed by atoms with E-state index >= 15 is 0 Å². The molecular formula is C14H9FN4S. The second-order valence-corrected chi connectivity index (χ2v) is 4.78. The van der Waals surface area contributed by atoms with Crippen LogP contribution in [0.5, 0.6) is 0 Å². The van der Waals surface area contributed by atoms with E-state index in [1.165, 1.54) is 6.07 Å². The van der Waals surface area contributed by atoms with Crippen molar-refractivity contribution in [3.63, 3.8) is 0 Å². The summed E-state index contributed by atoms with van der Waals surface area (Å²) in [5.41, 5.74) is 2.65. The van der Waals surface area contributed by atoms with Crippen molar-refractivity contribution >= 4 is 23.4 Å². The van der Waals surface area contributed by atoms with Crippen LogP contribution >= 0.6 is 12.2 Å². The Morgan fingerprint density at radius 1 is 1.45 bits per heavy atom. The molecule has 0 saturated heterocycles. The molecule has 0 bridgehead atoms. The number of fused-ring (bicyclic) bond motifs is 1. The van der Waals surface area contributed by atoms with Gasteiger partial charge in [0.2, 0.25) is 0 Å². The maximum Gasteiger partial charge on any atom is 0.184 e. The van der Waals surface area contributed by atoms with E-state index in [1.54, 1.807) is 22.9 Å². The molecule has 3 rings (SSSR count). The molecule has 0 amide bonds. The van der Waals surface area contributed by atoms with Gasteiger partial charge in [-0.25, -0.2) is 9.37 Å². The highest BCUT2D eigenvalue weighted by atomic mass is 32.1. The largest absolute Gasteiger partial charge is 0.329 e. The molecule has 3 aromatic rings. The number of rotatable bonds is 1. The lowest BCUT2D eigenvalue weighted by Gasteiger charge is -2.06. The maximum atomic E-state index is 13.7. The zero-order valence-electron chi connectivity index (χ0n) is 10.5. The highest BCUT2D eigenvalue weighted by molar-refractivity contribution is 7.71. The summed E-state index contributed by atoms with van der Waals surface area (Å²) in [6, 6.07) is 8.21. The SMILES string of the molecule is Cc1cnc2c(c1)[nH]c(=S)n2-c1cccc(F)c1C#N. The summed E-state index contributed by atoms with van der Waals surface area (Å²) < 4.78 is 15.7. The smallest absolute Gasteiger partial charge is 0.184 e. The minimum atomic E-state index is -0.576. The van der Waals surface area contributed by atoms with E-state index in [-0.39, 0.29) is 5.56 Å². The Morgan fingerprint density at radius 3 is 3.00 bits per heavy atom. The fraction of sp³-hybridized carbons (Fsp3) is 0.0714. The lowest BCUT2D eigenvalue weighted by atomic mass is 10.2. The Morgan fingerprint density at radius 2 is 2.25 bits per heavy atom. The lowest BCUT2D eigenvalue weighted by molar-refractivity contribution is 0.622. The Bertz CT molecular complexity index is 917. The van der Waals surface area contributed by atoms with Crippen molar-refractivity contribution in [3.8, 4) is 11.8 Å². The van der Waals surface area contributed by atoms with Gasteiger partial charge in [0.15, 0.2) is 10.4 Å². The van der Waals surface area contributed by atoms with Gasteiger partial charge >= 0.3 is 0 Å². The number of aryl methyl sites for hydroxylation is 1. The predicted molar refractivity (Wildman–Crippen MR) is 75.7 cm³/mol. The summed E-state index contributed by atoms with van der Waals surface area (Å²) in [5, 5.41) is 9.14. The van der Waals surface area contributed by atoms with E-state index in [0.29, 0.717) is 16.1 Å². The van der Waals surface area contributed by atoms with E-state index in [9.17, 15) is 4.39 Å². The van der Waals surface area contributed by atoms with Crippen LogP contribution in [0.3, 0.4) is 0 Å². The highest BCUT2D eigenvalue weighted by Crippen LogP contribution is 2.22. The van der Waals surface area contributed by atoms with Crippen LogP contribution in [-0.4, -0.2) is 14.5 Å². The standard InChI is InChI=1S/C14H9FN4S/c1-8-5-11-13(17-7-8)19(14(20)18-11)12-4-2-3-10(15)9(12)6-16/h2-5,7H,1H3,(H,18,20). The number of nitriles is 1. The average molecular weight is 284 g/mol. The Hall–Kier alpha value is -2.52. The normalized spacial score (nSPS) is 10.7. The molecule has 0 spiro atoms. The molecule has 2 aromatic heterocycles. The van der Waals surface area contributed by atoms with Gasteiger partial charge in [0.05, 0.1) is 11.2 Å². The number of nitrogens with zero attached hydrogens (tertiary/aromatic N) is 3. The Kier molecular flexibility index (Phi) is 2.84. The maximum absolute atomic E-state index is 13.7. The van der Waals surface area contributed by atoms with Crippen molar-refractivity contribution in [2.75, 3.05) is 0 Å². The summed E-state index contributed by atoms with van der Waals surface area (Å²) in [7, 11) is 0. The van der Waals surface area contributed by atoms with E-state index in [0.717, 1.165) is 11.1 Å². The monoisotopic (exact) mass is 284 g/mol. The van der Waals surface area contributed by atoms with E-state index < -0.39 is 5.82 Å². The number of benzene rings is 1. The molecule has 4 nitrogen and oxygen atoms in total. The van der Waals surface area contributed by atoms with Crippen LogP contribution in [0.1, 0.15) is 11.1 Å². The minimum Gasteiger partial charge on any atom is -0.329 e. The molecule has 1 N–H and O–H groups in total. The molecule has 0 atom stereocenters. The first-order chi connectivity index (χ1) is 9.61. The first-order valence-corrected chi connectivity index (χ1v) is 6.29. The molecule has 0 aliphatic rings. The zero-order chi connectivity index (χ0) is 14.3. The van der Waals surface area contributed by atoms with Gasteiger partial charge in [0, 0.05) is 6.20 Å². The molecule has 0 unspecified atom stereocenters. The summed E-state index contributed by atoms with van der Waals surface area (Å²) in [4.78, 5) is 7.34. The van der Waals surface area contributed by atoms with Gasteiger partial charge < -0.3 is 4.98 Å². The number of imidazole rings is 1. The number of aromatic amines is 1. The fourth-order valence-corrected chi connectivity index (χ4v) is 2.43. The Balaban J connectivity index is 2.42. The molecule has 6 heteroatoms. The summed E-state index contributed by atoms with van der Waals surface area (Å²) in [6.07, 6.45) is 1.70. The van der Waals surface area contributed by atoms with E-state index in [1.807, 2.05) is 19.1 Å². The van der Waals surface area contributed by atoms with Crippen LogP contribution in [0.2, 0.25) is 0 Å². The van der Waals surface area contributed by atoms with Gasteiger partial charge in [0.25, 0.3) is 0 Å². The topological polar surface area (TPSA) is 57.4 Å². The van der Waals surface area contributed by atoms with Gasteiger partial charge in [-0.15, -0.1) is 0 Å². The number of hydrogen-bond donors (Lipinski definition) is 1. The van der Waals surface area contributed by atoms with Crippen LogP contribution in [-0.2, 0) is 0 Å². The molecule has 1 aromatic carbocycles. The van der Waals surface area contributed by atoms with Crippen molar-refractivity contribution in [2.45, 2.75) is 6.92 Å². The molecule has 0 radical (unpaired) electrons. The first kappa shape index (κ1) is 12.5. The molecule has 0 aliphatic carbocycles. The lowest BCUT2D eigenvalue weighted by Crippen LogP contribution is -2.00. The summed E-state index contributed by atoms with van der Waals surface area (Å²) >= 11 is 5.26. The van der Waals surface area contributed by atoms with Gasteiger partial charge in [0.1, 0.15) is 17.4 Å². The van der Waals surface area contributed by atoms with Gasteiger partial charge in [-0.1, -0.05) is 6.07 Å². The molecule has 2 heterocycles. The number of hydrogen-bond acceptors (Lipinski definition) is 3. The minimum absolute atomic E-state index is 0.0492. The van der Waals surface area contributed by atoms with E-state index in [4.69, 9.17) is 17.5 Å². The molecule has 20 heavy (non-hydrogen) atoms. The van der Waals surface area contributed by atoms with Gasteiger partial charge in [-0.2, -0.15) is 5.26 Å². The van der Waals surface area contributed by atoms with Crippen LogP contribution in [0.15, 0.2) is 30.5 Å². The predicted octanol–water partition coefficient (Wildman–Crippen LogP) is 3.40. The second-order valence-electron chi connectivity index (χ2n) is 4.40. The van der Waals surface area contributed by atoms with Crippen LogP contribution in [0.4, 0.5) is 4.39 Å². The highest BCUT2D eigenvalue weighted by Gasteiger charge is 2.14. The third-order valence-electron chi connectivity index (χ3n) is 3.00. The quantitative estimate of drug-likeness (QED) is 0.697. The van der Waals surface area contributed by atoms with Crippen LogP contribution in [0.25, 0.3) is 16.9 Å². The van der Waals surface area contributed by atoms with Crippen molar-refractivity contribution < 1.29 is 4.39 Å². The molecule has 98 valence electrons. The number of pyridine rings is 1. The van der Waals surface area contributed by atoms with Crippen LogP contribution < -0.4 is 0 Å². The Labute approximate surface area is 119 Å². The van der Waals surface area contributed by atoms with Crippen molar-refractivity contribution in [2.24, 2.45) is 0 Å². The molecule has 0 fully saturated rings. The van der Waals surface area contributed by atoms with Crippen molar-refractivity contribution in [1.29, 1.82) is 5.26 Å². The fourth-order valence-electron chi connectivity index (χ4n) is 2.13. The van der Waals surface area contributed by atoms with Crippen molar-refractivity contribution in [1.82, 2.24) is 14.5 Å². The number of H-pyrrole nitrogens is 1. The first-order valence-electron chi connectivity index (χ1n) is 5.88. The van der Waals surface area contributed by atoms with Gasteiger partial charge in [-0.05, 0) is 42.9 Å². The molecular weight excluding hydrogens is 275 g/mol. The number of aromatic nitrogens is 3. The molecule has 0 saturated carbocycles. The number of nitrogens with one attached hydrogen (secondary N) is 1. The average Bonchev–Trinajstić information content (AvgIpc) is 2.73. The summed E-state index contributed by atoms with van der Waals surface area (Å²) in [5.74, 6) is -0.576. The summed E-state index contributed by atoms with van der Waals surface area (Å²) in [6.45, 7) is 1.92. The van der Waals surface area contributed by atoms with Crippen LogP contribution in [0, 0.1) is 28.8 Å². The molecule has 0 aliphatic heterocycles. The van der Waals surface area contributed by atoms with E-state index in [2.05, 4.69) is 9.97 Å². The zero-order valence-corrected chi connectivity index (χ0v) is 11.3.